The van der Waals surface area contributed by atoms with Crippen LogP contribution in [0, 0.1) is 5.92 Å². The summed E-state index contributed by atoms with van der Waals surface area (Å²) in [5.41, 5.74) is 6.58. The number of ether oxygens (including phenoxy) is 1. The summed E-state index contributed by atoms with van der Waals surface area (Å²) in [6, 6.07) is 6.66. The van der Waals surface area contributed by atoms with E-state index in [2.05, 4.69) is 28.9 Å². The van der Waals surface area contributed by atoms with Gasteiger partial charge < -0.3 is 15.8 Å². The molecule has 0 atom stereocenters. The van der Waals surface area contributed by atoms with Gasteiger partial charge in [0, 0.05) is 20.2 Å². The molecule has 0 aliphatic rings. The van der Waals surface area contributed by atoms with Gasteiger partial charge in [0.1, 0.15) is 0 Å². The van der Waals surface area contributed by atoms with E-state index < -0.39 is 10.0 Å². The van der Waals surface area contributed by atoms with Gasteiger partial charge in [-0.25, -0.2) is 18.1 Å². The molecule has 0 saturated heterocycles. The van der Waals surface area contributed by atoms with Crippen molar-refractivity contribution in [1.82, 2.24) is 10.0 Å². The van der Waals surface area contributed by atoms with Gasteiger partial charge in [0.15, 0.2) is 5.96 Å². The molecule has 25 heavy (non-hydrogen) atoms. The van der Waals surface area contributed by atoms with Crippen LogP contribution in [-0.4, -0.2) is 41.2 Å². The summed E-state index contributed by atoms with van der Waals surface area (Å²) in [5, 5.41) is 3.05. The van der Waals surface area contributed by atoms with Crippen LogP contribution in [0.1, 0.15) is 25.8 Å². The molecule has 0 aliphatic heterocycles. The van der Waals surface area contributed by atoms with Gasteiger partial charge in [-0.05, 0) is 30.0 Å². The van der Waals surface area contributed by atoms with Gasteiger partial charge in [-0.15, -0.1) is 24.0 Å². The van der Waals surface area contributed by atoms with Crippen LogP contribution in [-0.2, 0) is 21.3 Å². The minimum Gasteiger partial charge on any atom is -0.383 e. The quantitative estimate of drug-likeness (QED) is 0.203. The molecule has 0 amide bonds. The number of nitrogens with zero attached hydrogens (tertiary/aromatic N) is 1. The molecular formula is C16H29IN4O3S. The first-order valence-electron chi connectivity index (χ1n) is 7.96. The second-order valence-electron chi connectivity index (χ2n) is 5.85. The zero-order chi connectivity index (χ0) is 18.0. The summed E-state index contributed by atoms with van der Waals surface area (Å²) >= 11 is 0. The molecule has 7 nitrogen and oxygen atoms in total. The Bertz CT molecular complexity index is 636. The first-order valence-corrected chi connectivity index (χ1v) is 9.45. The fourth-order valence-electron chi connectivity index (χ4n) is 1.89. The summed E-state index contributed by atoms with van der Waals surface area (Å²) in [6.07, 6.45) is 1.01. The Hall–Kier alpha value is -0.910. The highest BCUT2D eigenvalue weighted by molar-refractivity contribution is 14.0. The van der Waals surface area contributed by atoms with Crippen molar-refractivity contribution >= 4 is 40.0 Å². The number of guanidine groups is 1. The molecule has 0 spiro atoms. The summed E-state index contributed by atoms with van der Waals surface area (Å²) in [5.74, 6) is 0.958. The van der Waals surface area contributed by atoms with Gasteiger partial charge in [0.2, 0.25) is 10.0 Å². The van der Waals surface area contributed by atoms with Gasteiger partial charge in [0.05, 0.1) is 18.0 Å². The number of sulfonamides is 1. The highest BCUT2D eigenvalue weighted by Gasteiger charge is 2.13. The average molecular weight is 484 g/mol. The molecule has 0 radical (unpaired) electrons. The average Bonchev–Trinajstić information content (AvgIpc) is 2.53. The van der Waals surface area contributed by atoms with E-state index in [4.69, 9.17) is 10.5 Å². The summed E-state index contributed by atoms with van der Waals surface area (Å²) in [4.78, 5) is 4.44. The van der Waals surface area contributed by atoms with Gasteiger partial charge in [0.25, 0.3) is 0 Å². The molecule has 1 rings (SSSR count). The zero-order valence-electron chi connectivity index (χ0n) is 15.0. The smallest absolute Gasteiger partial charge is 0.240 e. The van der Waals surface area contributed by atoms with E-state index in [1.54, 1.807) is 18.2 Å². The number of rotatable bonds is 10. The summed E-state index contributed by atoms with van der Waals surface area (Å²) in [6.45, 7) is 5.92. The molecule has 0 fully saturated rings. The molecule has 0 bridgehead atoms. The normalized spacial score (nSPS) is 12.1. The lowest BCUT2D eigenvalue weighted by atomic mass is 10.1. The predicted octanol–water partition coefficient (Wildman–Crippen LogP) is 1.68. The van der Waals surface area contributed by atoms with E-state index >= 15 is 0 Å². The third-order valence-corrected chi connectivity index (χ3v) is 4.73. The minimum atomic E-state index is -3.54. The summed E-state index contributed by atoms with van der Waals surface area (Å²) in [7, 11) is -2.02. The van der Waals surface area contributed by atoms with Crippen LogP contribution in [0.5, 0.6) is 0 Å². The van der Waals surface area contributed by atoms with Gasteiger partial charge in [-0.2, -0.15) is 0 Å². The van der Waals surface area contributed by atoms with Crippen LogP contribution in [0.3, 0.4) is 0 Å². The van der Waals surface area contributed by atoms with E-state index in [1.807, 2.05) is 6.07 Å². The number of hydrogen-bond acceptors (Lipinski definition) is 4. The number of methoxy groups -OCH3 is 1. The van der Waals surface area contributed by atoms with Crippen LogP contribution < -0.4 is 15.8 Å². The fourth-order valence-corrected chi connectivity index (χ4v) is 2.98. The van der Waals surface area contributed by atoms with E-state index in [-0.39, 0.29) is 35.4 Å². The molecule has 9 heteroatoms. The van der Waals surface area contributed by atoms with Crippen LogP contribution in [0.2, 0.25) is 0 Å². The number of halogens is 1. The molecule has 1 aromatic carbocycles. The predicted molar refractivity (Wildman–Crippen MR) is 112 cm³/mol. The minimum absolute atomic E-state index is 0. The molecule has 0 saturated carbocycles. The highest BCUT2D eigenvalue weighted by Crippen LogP contribution is 2.12. The van der Waals surface area contributed by atoms with Crippen molar-refractivity contribution in [1.29, 1.82) is 0 Å². The van der Waals surface area contributed by atoms with E-state index in [0.29, 0.717) is 25.0 Å². The van der Waals surface area contributed by atoms with Gasteiger partial charge in [-0.3, -0.25) is 0 Å². The monoisotopic (exact) mass is 484 g/mol. The Kier molecular flexibility index (Phi) is 12.0. The Balaban J connectivity index is 0.00000576. The molecule has 0 unspecified atom stereocenters. The SMILES string of the molecule is COCCNS(=O)(=O)c1cccc(CN=C(N)NCCC(C)C)c1.I. The van der Waals surface area contributed by atoms with Crippen molar-refractivity contribution in [2.24, 2.45) is 16.6 Å². The molecule has 0 aromatic heterocycles. The Labute approximate surface area is 167 Å². The first kappa shape index (κ1) is 24.1. The fraction of sp³-hybridized carbons (Fsp3) is 0.562. The molecule has 0 heterocycles. The molecule has 144 valence electrons. The maximum Gasteiger partial charge on any atom is 0.240 e. The third kappa shape index (κ3) is 9.97. The van der Waals surface area contributed by atoms with E-state index in [1.165, 1.54) is 7.11 Å². The second-order valence-corrected chi connectivity index (χ2v) is 7.62. The topological polar surface area (TPSA) is 106 Å². The third-order valence-electron chi connectivity index (χ3n) is 3.27. The largest absolute Gasteiger partial charge is 0.383 e. The van der Waals surface area contributed by atoms with Crippen LogP contribution in [0.4, 0.5) is 0 Å². The van der Waals surface area contributed by atoms with Crippen LogP contribution in [0.15, 0.2) is 34.2 Å². The lowest BCUT2D eigenvalue weighted by molar-refractivity contribution is 0.204. The Morgan fingerprint density at radius 3 is 2.68 bits per heavy atom. The maximum absolute atomic E-state index is 12.2. The maximum atomic E-state index is 12.2. The molecule has 4 N–H and O–H groups in total. The molecule has 1 aromatic rings. The first-order chi connectivity index (χ1) is 11.3. The number of aliphatic imine (C=N–C) groups is 1. The van der Waals surface area contributed by atoms with Crippen molar-refractivity contribution < 1.29 is 13.2 Å². The Morgan fingerprint density at radius 1 is 1.32 bits per heavy atom. The number of hydrogen-bond donors (Lipinski definition) is 3. The lowest BCUT2D eigenvalue weighted by Gasteiger charge is -2.09. The number of nitrogens with two attached hydrogens (primary N) is 1. The number of nitrogens with one attached hydrogen (secondary N) is 2. The van der Waals surface area contributed by atoms with Crippen LogP contribution in [0.25, 0.3) is 0 Å². The second kappa shape index (κ2) is 12.4. The van der Waals surface area contributed by atoms with Crippen molar-refractivity contribution in [3.63, 3.8) is 0 Å². The van der Waals surface area contributed by atoms with E-state index in [9.17, 15) is 8.42 Å². The standard InChI is InChI=1S/C16H28N4O3S.HI/c1-13(2)7-8-18-16(17)19-12-14-5-4-6-15(11-14)24(21,22)20-9-10-23-3;/h4-6,11,13,20H,7-10,12H2,1-3H3,(H3,17,18,19);1H. The van der Waals surface area contributed by atoms with Gasteiger partial charge in [-0.1, -0.05) is 26.0 Å². The molecular weight excluding hydrogens is 455 g/mol. The van der Waals surface area contributed by atoms with E-state index in [0.717, 1.165) is 18.5 Å². The summed E-state index contributed by atoms with van der Waals surface area (Å²) < 4.78 is 31.7. The van der Waals surface area contributed by atoms with Crippen molar-refractivity contribution in [3.8, 4) is 0 Å². The van der Waals surface area contributed by atoms with Crippen molar-refractivity contribution in [3.05, 3.63) is 29.8 Å². The van der Waals surface area contributed by atoms with Crippen molar-refractivity contribution in [2.75, 3.05) is 26.8 Å². The van der Waals surface area contributed by atoms with Crippen molar-refractivity contribution in [2.45, 2.75) is 31.7 Å². The lowest BCUT2D eigenvalue weighted by Crippen LogP contribution is -2.32. The van der Waals surface area contributed by atoms with Crippen LogP contribution >= 0.6 is 24.0 Å². The highest BCUT2D eigenvalue weighted by atomic mass is 127. The zero-order valence-corrected chi connectivity index (χ0v) is 18.1. The molecule has 0 aliphatic carbocycles. The van der Waals surface area contributed by atoms with Gasteiger partial charge >= 0.3 is 0 Å². The number of benzene rings is 1. The Morgan fingerprint density at radius 2 is 2.04 bits per heavy atom.